The summed E-state index contributed by atoms with van der Waals surface area (Å²) >= 11 is 1.54. The maximum Gasteiger partial charge on any atom is 0.230 e. The van der Waals surface area contributed by atoms with E-state index in [9.17, 15) is 4.79 Å². The Morgan fingerprint density at radius 1 is 1.59 bits per heavy atom. The smallest absolute Gasteiger partial charge is 0.230 e. The zero-order valence-electron chi connectivity index (χ0n) is 10.5. The van der Waals surface area contributed by atoms with Gasteiger partial charge in [-0.2, -0.15) is 11.8 Å². The predicted molar refractivity (Wildman–Crippen MR) is 73.0 cm³/mol. The third kappa shape index (κ3) is 5.22. The number of hydrogen-bond acceptors (Lipinski definition) is 3. The van der Waals surface area contributed by atoms with Crippen molar-refractivity contribution in [3.63, 3.8) is 0 Å². The van der Waals surface area contributed by atoms with E-state index in [1.165, 1.54) is 0 Å². The van der Waals surface area contributed by atoms with Crippen molar-refractivity contribution in [3.8, 4) is 0 Å². The summed E-state index contributed by atoms with van der Waals surface area (Å²) in [5, 5.41) is 3.07. The fourth-order valence-corrected chi connectivity index (χ4v) is 2.03. The van der Waals surface area contributed by atoms with Crippen LogP contribution < -0.4 is 5.32 Å². The summed E-state index contributed by atoms with van der Waals surface area (Å²) in [5.41, 5.74) is 1.09. The van der Waals surface area contributed by atoms with E-state index in [0.29, 0.717) is 5.75 Å². The summed E-state index contributed by atoms with van der Waals surface area (Å²) < 4.78 is 0. The highest BCUT2D eigenvalue weighted by molar-refractivity contribution is 7.99. The highest BCUT2D eigenvalue weighted by atomic mass is 32.2. The van der Waals surface area contributed by atoms with Gasteiger partial charge in [0, 0.05) is 12.4 Å². The molecule has 17 heavy (non-hydrogen) atoms. The van der Waals surface area contributed by atoms with Gasteiger partial charge in [0.25, 0.3) is 0 Å². The van der Waals surface area contributed by atoms with Crippen LogP contribution >= 0.6 is 11.8 Å². The Balaban J connectivity index is 2.63. The van der Waals surface area contributed by atoms with E-state index in [1.54, 1.807) is 18.0 Å². The zero-order chi connectivity index (χ0) is 12.5. The van der Waals surface area contributed by atoms with Crippen LogP contribution in [0.15, 0.2) is 24.5 Å². The van der Waals surface area contributed by atoms with E-state index in [0.717, 1.165) is 24.8 Å². The van der Waals surface area contributed by atoms with Crippen LogP contribution in [-0.4, -0.2) is 22.9 Å². The first kappa shape index (κ1) is 14.0. The summed E-state index contributed by atoms with van der Waals surface area (Å²) in [4.78, 5) is 15.7. The van der Waals surface area contributed by atoms with Crippen LogP contribution in [0.2, 0.25) is 0 Å². The number of hydrogen-bond donors (Lipinski definition) is 1. The fraction of sp³-hybridized carbons (Fsp3) is 0.538. The Labute approximate surface area is 107 Å². The molecule has 1 aromatic heterocycles. The lowest BCUT2D eigenvalue weighted by atomic mass is 10.0. The molecular formula is C13H20N2OS. The lowest BCUT2D eigenvalue weighted by Gasteiger charge is -2.18. The van der Waals surface area contributed by atoms with E-state index in [1.807, 2.05) is 24.6 Å². The molecule has 1 heterocycles. The summed E-state index contributed by atoms with van der Waals surface area (Å²) in [5.74, 6) is 0.616. The van der Waals surface area contributed by atoms with Gasteiger partial charge < -0.3 is 5.32 Å². The van der Waals surface area contributed by atoms with Crippen LogP contribution in [0.25, 0.3) is 0 Å². The SMILES string of the molecule is CCCC[C@@H](NC(=O)CSC)c1cccnc1. The molecule has 1 aromatic rings. The van der Waals surface area contributed by atoms with Crippen LogP contribution in [0.5, 0.6) is 0 Å². The van der Waals surface area contributed by atoms with E-state index in [4.69, 9.17) is 0 Å². The quantitative estimate of drug-likeness (QED) is 0.811. The molecule has 4 heteroatoms. The van der Waals surface area contributed by atoms with Crippen molar-refractivity contribution < 1.29 is 4.79 Å². The molecule has 1 amide bonds. The molecule has 94 valence electrons. The normalized spacial score (nSPS) is 12.1. The van der Waals surface area contributed by atoms with Gasteiger partial charge in [-0.05, 0) is 24.3 Å². The minimum atomic E-state index is 0.0995. The Morgan fingerprint density at radius 3 is 3.00 bits per heavy atom. The third-order valence-electron chi connectivity index (χ3n) is 2.54. The molecule has 0 fully saturated rings. The second-order valence-corrected chi connectivity index (χ2v) is 4.85. The Morgan fingerprint density at radius 2 is 2.41 bits per heavy atom. The number of rotatable bonds is 7. The fourth-order valence-electron chi connectivity index (χ4n) is 1.68. The molecule has 0 radical (unpaired) electrons. The Kier molecular flexibility index (Phi) is 6.70. The number of unbranched alkanes of at least 4 members (excludes halogenated alkanes) is 1. The average Bonchev–Trinajstić information content (AvgIpc) is 2.36. The number of carbonyl (C=O) groups is 1. The summed E-state index contributed by atoms with van der Waals surface area (Å²) in [6.07, 6.45) is 8.74. The van der Waals surface area contributed by atoms with Crippen LogP contribution in [0, 0.1) is 0 Å². The van der Waals surface area contributed by atoms with Crippen molar-refractivity contribution in [1.82, 2.24) is 10.3 Å². The number of pyridine rings is 1. The van der Waals surface area contributed by atoms with Gasteiger partial charge in [-0.3, -0.25) is 9.78 Å². The first-order valence-corrected chi connectivity index (χ1v) is 7.35. The second kappa shape index (κ2) is 8.12. The molecule has 0 saturated carbocycles. The minimum absolute atomic E-state index is 0.0995. The lowest BCUT2D eigenvalue weighted by Crippen LogP contribution is -2.30. The van der Waals surface area contributed by atoms with Crippen molar-refractivity contribution in [2.45, 2.75) is 32.2 Å². The maximum atomic E-state index is 11.6. The number of nitrogens with zero attached hydrogens (tertiary/aromatic N) is 1. The van der Waals surface area contributed by atoms with E-state index < -0.39 is 0 Å². The number of nitrogens with one attached hydrogen (secondary N) is 1. The van der Waals surface area contributed by atoms with Gasteiger partial charge in [-0.15, -0.1) is 0 Å². The van der Waals surface area contributed by atoms with Crippen LogP contribution in [0.1, 0.15) is 37.8 Å². The molecule has 1 rings (SSSR count). The van der Waals surface area contributed by atoms with Gasteiger partial charge in [-0.1, -0.05) is 25.8 Å². The van der Waals surface area contributed by atoms with Gasteiger partial charge in [0.1, 0.15) is 0 Å². The van der Waals surface area contributed by atoms with Crippen molar-refractivity contribution in [2.75, 3.05) is 12.0 Å². The van der Waals surface area contributed by atoms with E-state index in [-0.39, 0.29) is 11.9 Å². The molecule has 0 bridgehead atoms. The molecule has 0 aliphatic carbocycles. The lowest BCUT2D eigenvalue weighted by molar-refractivity contribution is -0.119. The van der Waals surface area contributed by atoms with Crippen molar-refractivity contribution in [3.05, 3.63) is 30.1 Å². The van der Waals surface area contributed by atoms with E-state index >= 15 is 0 Å². The predicted octanol–water partition coefficient (Wildman–Crippen LogP) is 2.79. The van der Waals surface area contributed by atoms with Gasteiger partial charge in [0.2, 0.25) is 5.91 Å². The second-order valence-electron chi connectivity index (χ2n) is 3.98. The van der Waals surface area contributed by atoms with E-state index in [2.05, 4.69) is 17.2 Å². The molecule has 3 nitrogen and oxygen atoms in total. The summed E-state index contributed by atoms with van der Waals surface area (Å²) in [7, 11) is 0. The highest BCUT2D eigenvalue weighted by Gasteiger charge is 2.13. The molecule has 1 atom stereocenters. The van der Waals surface area contributed by atoms with Crippen LogP contribution in [0.3, 0.4) is 0 Å². The van der Waals surface area contributed by atoms with Crippen molar-refractivity contribution in [2.24, 2.45) is 0 Å². The summed E-state index contributed by atoms with van der Waals surface area (Å²) in [6.45, 7) is 2.16. The molecule has 0 unspecified atom stereocenters. The van der Waals surface area contributed by atoms with Crippen molar-refractivity contribution in [1.29, 1.82) is 0 Å². The number of carbonyl (C=O) groups excluding carboxylic acids is 1. The van der Waals surface area contributed by atoms with Gasteiger partial charge in [0.15, 0.2) is 0 Å². The standard InChI is InChI=1S/C13H20N2OS/c1-3-4-7-12(15-13(16)10-17-2)11-6-5-8-14-9-11/h5-6,8-9,12H,3-4,7,10H2,1-2H3,(H,15,16)/t12-/m1/s1. The zero-order valence-corrected chi connectivity index (χ0v) is 11.3. The van der Waals surface area contributed by atoms with Crippen molar-refractivity contribution >= 4 is 17.7 Å². The topological polar surface area (TPSA) is 42.0 Å². The first-order chi connectivity index (χ1) is 8.27. The molecule has 0 saturated heterocycles. The Hall–Kier alpha value is -1.03. The highest BCUT2D eigenvalue weighted by Crippen LogP contribution is 2.18. The monoisotopic (exact) mass is 252 g/mol. The largest absolute Gasteiger partial charge is 0.349 e. The number of aromatic nitrogens is 1. The molecule has 1 N–H and O–H groups in total. The van der Waals surface area contributed by atoms with Gasteiger partial charge in [-0.25, -0.2) is 0 Å². The molecular weight excluding hydrogens is 232 g/mol. The van der Waals surface area contributed by atoms with Crippen LogP contribution in [0.4, 0.5) is 0 Å². The average molecular weight is 252 g/mol. The van der Waals surface area contributed by atoms with Gasteiger partial charge >= 0.3 is 0 Å². The molecule has 0 aliphatic heterocycles. The number of thioether (sulfide) groups is 1. The third-order valence-corrected chi connectivity index (χ3v) is 3.09. The minimum Gasteiger partial charge on any atom is -0.349 e. The Bertz CT molecular complexity index is 329. The first-order valence-electron chi connectivity index (χ1n) is 5.96. The molecule has 0 aliphatic rings. The van der Waals surface area contributed by atoms with Crippen LogP contribution in [-0.2, 0) is 4.79 Å². The van der Waals surface area contributed by atoms with Gasteiger partial charge in [0.05, 0.1) is 11.8 Å². The maximum absolute atomic E-state index is 11.6. The molecule has 0 aromatic carbocycles. The number of amides is 1. The molecule has 0 spiro atoms. The summed E-state index contributed by atoms with van der Waals surface area (Å²) in [6, 6.07) is 4.03.